The molecule has 0 amide bonds. The fourth-order valence-corrected chi connectivity index (χ4v) is 2.57. The quantitative estimate of drug-likeness (QED) is 0.696. The summed E-state index contributed by atoms with van der Waals surface area (Å²) in [5, 5.41) is 1.26. The summed E-state index contributed by atoms with van der Waals surface area (Å²) in [7, 11) is 0. The fourth-order valence-electron chi connectivity index (χ4n) is 2.57. The maximum absolute atomic E-state index is 6.01. The third-order valence-electron chi connectivity index (χ3n) is 3.81. The summed E-state index contributed by atoms with van der Waals surface area (Å²) >= 11 is 0. The Morgan fingerprint density at radius 2 is 1.89 bits per heavy atom. The van der Waals surface area contributed by atoms with Crippen LogP contribution in [0.15, 0.2) is 18.2 Å². The monoisotopic (exact) mass is 241 g/mol. The van der Waals surface area contributed by atoms with Gasteiger partial charge in [-0.05, 0) is 57.7 Å². The lowest BCUT2D eigenvalue weighted by Crippen LogP contribution is -2.33. The van der Waals surface area contributed by atoms with Crippen molar-refractivity contribution in [1.82, 2.24) is 4.98 Å². The molecule has 0 radical (unpaired) electrons. The zero-order valence-corrected chi connectivity index (χ0v) is 11.5. The van der Waals surface area contributed by atoms with Crippen LogP contribution >= 0.6 is 0 Å². The Labute approximate surface area is 108 Å². The van der Waals surface area contributed by atoms with Crippen LogP contribution in [0.2, 0.25) is 0 Å². The smallest absolute Gasteiger partial charge is 0.217 e. The Morgan fingerprint density at radius 1 is 1.17 bits per heavy atom. The van der Waals surface area contributed by atoms with Gasteiger partial charge in [0, 0.05) is 10.9 Å². The minimum Gasteiger partial charge on any atom is -0.471 e. The summed E-state index contributed by atoms with van der Waals surface area (Å²) in [5.41, 5.74) is 4.73. The number of ether oxygens (including phenoxy) is 1. The molecular formula is C16H19NO. The molecule has 94 valence electrons. The zero-order valence-electron chi connectivity index (χ0n) is 11.5. The predicted octanol–water partition coefficient (Wildman–Crippen LogP) is 3.96. The second-order valence-electron chi connectivity index (χ2n) is 5.91. The summed E-state index contributed by atoms with van der Waals surface area (Å²) in [6, 6.07) is 6.56. The number of rotatable bonds is 0. The first-order chi connectivity index (χ1) is 8.46. The van der Waals surface area contributed by atoms with Crippen molar-refractivity contribution in [3.05, 3.63) is 34.9 Å². The molecule has 0 saturated carbocycles. The van der Waals surface area contributed by atoms with Gasteiger partial charge in [0.2, 0.25) is 5.88 Å². The molecule has 0 fully saturated rings. The van der Waals surface area contributed by atoms with E-state index >= 15 is 0 Å². The zero-order chi connectivity index (χ0) is 12.9. The molecule has 1 aromatic heterocycles. The van der Waals surface area contributed by atoms with E-state index in [0.717, 1.165) is 24.2 Å². The number of hydrogen-bond acceptors (Lipinski definition) is 2. The molecule has 0 spiro atoms. The molecule has 0 saturated heterocycles. The normalized spacial score (nSPS) is 17.3. The molecule has 3 rings (SSSR count). The molecule has 1 aromatic carbocycles. The van der Waals surface area contributed by atoms with Gasteiger partial charge in [-0.15, -0.1) is 0 Å². The van der Waals surface area contributed by atoms with Crippen molar-refractivity contribution in [3.8, 4) is 5.88 Å². The third-order valence-corrected chi connectivity index (χ3v) is 3.81. The SMILES string of the molecule is Cc1ccc(C)c2nc3c(cc12)CCC(C)(C)O3. The lowest BCUT2D eigenvalue weighted by Gasteiger charge is -2.31. The topological polar surface area (TPSA) is 22.1 Å². The number of aromatic nitrogens is 1. The summed E-state index contributed by atoms with van der Waals surface area (Å²) in [6.45, 7) is 8.51. The molecule has 2 aromatic rings. The lowest BCUT2D eigenvalue weighted by atomic mass is 9.94. The number of aryl methyl sites for hydroxylation is 3. The first-order valence-electron chi connectivity index (χ1n) is 6.55. The molecular weight excluding hydrogens is 222 g/mol. The van der Waals surface area contributed by atoms with Crippen molar-refractivity contribution in [2.24, 2.45) is 0 Å². The Balaban J connectivity index is 2.25. The van der Waals surface area contributed by atoms with Crippen molar-refractivity contribution >= 4 is 10.9 Å². The molecule has 0 atom stereocenters. The Morgan fingerprint density at radius 3 is 2.67 bits per heavy atom. The summed E-state index contributed by atoms with van der Waals surface area (Å²) in [6.07, 6.45) is 2.11. The number of fused-ring (bicyclic) bond motifs is 2. The van der Waals surface area contributed by atoms with Gasteiger partial charge >= 0.3 is 0 Å². The highest BCUT2D eigenvalue weighted by Gasteiger charge is 2.28. The van der Waals surface area contributed by atoms with Crippen molar-refractivity contribution < 1.29 is 4.74 Å². The molecule has 0 N–H and O–H groups in total. The average molecular weight is 241 g/mol. The standard InChI is InChI=1S/C16H19NO/c1-10-5-6-11(2)14-13(10)9-12-7-8-16(3,4)18-15(12)17-14/h5-6,9H,7-8H2,1-4H3. The van der Waals surface area contributed by atoms with E-state index in [2.05, 4.69) is 45.9 Å². The van der Waals surface area contributed by atoms with Gasteiger partial charge in [0.05, 0.1) is 5.52 Å². The van der Waals surface area contributed by atoms with E-state index in [1.54, 1.807) is 0 Å². The molecule has 0 bridgehead atoms. The van der Waals surface area contributed by atoms with Gasteiger partial charge in [0.25, 0.3) is 0 Å². The van der Waals surface area contributed by atoms with Crippen molar-refractivity contribution in [2.75, 3.05) is 0 Å². The van der Waals surface area contributed by atoms with Gasteiger partial charge in [0.15, 0.2) is 0 Å². The van der Waals surface area contributed by atoms with Crippen LogP contribution in [0.5, 0.6) is 5.88 Å². The Kier molecular flexibility index (Phi) is 2.37. The van der Waals surface area contributed by atoms with Crippen molar-refractivity contribution in [3.63, 3.8) is 0 Å². The lowest BCUT2D eigenvalue weighted by molar-refractivity contribution is 0.0789. The van der Waals surface area contributed by atoms with Gasteiger partial charge in [-0.25, -0.2) is 4.98 Å². The number of pyridine rings is 1. The highest BCUT2D eigenvalue weighted by atomic mass is 16.5. The van der Waals surface area contributed by atoms with Gasteiger partial charge in [-0.2, -0.15) is 0 Å². The third kappa shape index (κ3) is 1.76. The predicted molar refractivity (Wildman–Crippen MR) is 74.2 cm³/mol. The Bertz CT molecular complexity index is 629. The summed E-state index contributed by atoms with van der Waals surface area (Å²) in [5.74, 6) is 0.826. The van der Waals surface area contributed by atoms with Crippen molar-refractivity contribution in [1.29, 1.82) is 0 Å². The van der Waals surface area contributed by atoms with Crippen LogP contribution in [0.3, 0.4) is 0 Å². The van der Waals surface area contributed by atoms with Crippen LogP contribution in [0.1, 0.15) is 37.0 Å². The maximum Gasteiger partial charge on any atom is 0.217 e. The Hall–Kier alpha value is -1.57. The van der Waals surface area contributed by atoms with E-state index in [1.807, 2.05) is 0 Å². The molecule has 0 unspecified atom stereocenters. The number of hydrogen-bond donors (Lipinski definition) is 0. The van der Waals surface area contributed by atoms with Crippen LogP contribution in [0, 0.1) is 13.8 Å². The van der Waals surface area contributed by atoms with E-state index in [1.165, 1.54) is 22.1 Å². The van der Waals surface area contributed by atoms with Crippen molar-refractivity contribution in [2.45, 2.75) is 46.1 Å². The molecule has 2 nitrogen and oxygen atoms in total. The first kappa shape index (κ1) is 11.5. The van der Waals surface area contributed by atoms with Gasteiger partial charge in [-0.3, -0.25) is 0 Å². The molecule has 2 heterocycles. The van der Waals surface area contributed by atoms with E-state index in [-0.39, 0.29) is 5.60 Å². The maximum atomic E-state index is 6.01. The fraction of sp³-hybridized carbons (Fsp3) is 0.438. The van der Waals surface area contributed by atoms with Crippen LogP contribution in [0.25, 0.3) is 10.9 Å². The average Bonchev–Trinajstić information content (AvgIpc) is 2.31. The van der Waals surface area contributed by atoms with E-state index in [9.17, 15) is 0 Å². The minimum absolute atomic E-state index is 0.0919. The van der Waals surface area contributed by atoms with Gasteiger partial charge < -0.3 is 4.74 Å². The second kappa shape index (κ2) is 3.71. The van der Waals surface area contributed by atoms with E-state index < -0.39 is 0 Å². The van der Waals surface area contributed by atoms with E-state index in [0.29, 0.717) is 0 Å². The number of benzene rings is 1. The summed E-state index contributed by atoms with van der Waals surface area (Å²) in [4.78, 5) is 4.75. The molecule has 18 heavy (non-hydrogen) atoms. The summed E-state index contributed by atoms with van der Waals surface area (Å²) < 4.78 is 6.01. The molecule has 0 aliphatic carbocycles. The van der Waals surface area contributed by atoms with Crippen LogP contribution in [0.4, 0.5) is 0 Å². The van der Waals surface area contributed by atoms with Gasteiger partial charge in [0.1, 0.15) is 5.60 Å². The highest BCUT2D eigenvalue weighted by Crippen LogP contribution is 2.34. The van der Waals surface area contributed by atoms with E-state index in [4.69, 9.17) is 9.72 Å². The second-order valence-corrected chi connectivity index (χ2v) is 5.91. The van der Waals surface area contributed by atoms with Crippen LogP contribution < -0.4 is 4.74 Å². The molecule has 2 heteroatoms. The molecule has 1 aliphatic heterocycles. The van der Waals surface area contributed by atoms with Gasteiger partial charge in [-0.1, -0.05) is 12.1 Å². The minimum atomic E-state index is -0.0919. The van der Waals surface area contributed by atoms with Crippen LogP contribution in [-0.2, 0) is 6.42 Å². The largest absolute Gasteiger partial charge is 0.471 e. The number of nitrogens with zero attached hydrogens (tertiary/aromatic N) is 1. The van der Waals surface area contributed by atoms with Crippen LogP contribution in [-0.4, -0.2) is 10.6 Å². The molecule has 1 aliphatic rings. The first-order valence-corrected chi connectivity index (χ1v) is 6.55. The highest BCUT2D eigenvalue weighted by molar-refractivity contribution is 5.86.